The molecule has 23 heavy (non-hydrogen) atoms. The van der Waals surface area contributed by atoms with Crippen LogP contribution in [-0.2, 0) is 0 Å². The van der Waals surface area contributed by atoms with Gasteiger partial charge in [0.05, 0.1) is 28.2 Å². The van der Waals surface area contributed by atoms with E-state index in [1.807, 2.05) is 25.1 Å². The summed E-state index contributed by atoms with van der Waals surface area (Å²) in [7, 11) is 0. The van der Waals surface area contributed by atoms with Gasteiger partial charge in [0.1, 0.15) is 12.0 Å². The molecule has 8 heteroatoms. The van der Waals surface area contributed by atoms with Crippen molar-refractivity contribution in [3.63, 3.8) is 0 Å². The zero-order valence-corrected chi connectivity index (χ0v) is 12.9. The topological polar surface area (TPSA) is 85.9 Å². The molecule has 2 aromatic heterocycles. The highest BCUT2D eigenvalue weighted by Gasteiger charge is 2.10. The predicted molar refractivity (Wildman–Crippen MR) is 87.5 cm³/mol. The van der Waals surface area contributed by atoms with Crippen LogP contribution in [-0.4, -0.2) is 19.7 Å². The molecule has 3 rings (SSSR count). The van der Waals surface area contributed by atoms with Crippen LogP contribution >= 0.6 is 11.6 Å². The van der Waals surface area contributed by atoms with Gasteiger partial charge in [-0.2, -0.15) is 5.10 Å². The molecule has 0 fully saturated rings. The Bertz CT molecular complexity index is 861. The fraction of sp³-hybridized carbons (Fsp3) is 0.0667. The van der Waals surface area contributed by atoms with Crippen LogP contribution in [0.15, 0.2) is 48.8 Å². The lowest BCUT2D eigenvalue weighted by Gasteiger charge is -2.07. The summed E-state index contributed by atoms with van der Waals surface area (Å²) in [5, 5.41) is 18.7. The van der Waals surface area contributed by atoms with Crippen LogP contribution in [0.1, 0.15) is 5.69 Å². The molecule has 0 aliphatic rings. The number of hydrogen-bond donors (Lipinski definition) is 1. The van der Waals surface area contributed by atoms with Crippen LogP contribution in [0.2, 0.25) is 5.02 Å². The zero-order valence-electron chi connectivity index (χ0n) is 12.1. The summed E-state index contributed by atoms with van der Waals surface area (Å²) in [6.45, 7) is 1.90. The van der Waals surface area contributed by atoms with Gasteiger partial charge in [-0.15, -0.1) is 0 Å². The molecule has 1 aromatic carbocycles. The molecular weight excluding hydrogens is 318 g/mol. The van der Waals surface area contributed by atoms with Gasteiger partial charge in [0.25, 0.3) is 5.69 Å². The third-order valence-corrected chi connectivity index (χ3v) is 3.52. The second-order valence-electron chi connectivity index (χ2n) is 4.82. The quantitative estimate of drug-likeness (QED) is 0.580. The van der Waals surface area contributed by atoms with E-state index in [1.165, 1.54) is 12.3 Å². The number of nitrogens with zero attached hydrogens (tertiary/aromatic N) is 4. The maximum absolute atomic E-state index is 10.6. The SMILES string of the molecule is Cc1c(Nc2ccc([N+](=O)[O-])cn2)cnn1-c1cccc(Cl)c1. The number of pyridine rings is 1. The number of aromatic nitrogens is 3. The summed E-state index contributed by atoms with van der Waals surface area (Å²) in [5.41, 5.74) is 2.42. The standard InChI is InChI=1S/C15H12ClN5O2/c1-10-14(19-15-6-5-13(8-17-15)21(22)23)9-18-20(10)12-4-2-3-11(16)7-12/h2-9H,1H3,(H,17,19). The third-order valence-electron chi connectivity index (χ3n) is 3.28. The van der Waals surface area contributed by atoms with Crippen molar-refractivity contribution >= 4 is 28.8 Å². The Morgan fingerprint density at radius 2 is 2.09 bits per heavy atom. The summed E-state index contributed by atoms with van der Waals surface area (Å²) in [5.74, 6) is 0.504. The Kier molecular flexibility index (Phi) is 3.94. The normalized spacial score (nSPS) is 10.5. The molecule has 0 spiro atoms. The van der Waals surface area contributed by atoms with E-state index < -0.39 is 4.92 Å². The van der Waals surface area contributed by atoms with E-state index in [0.29, 0.717) is 10.8 Å². The van der Waals surface area contributed by atoms with Crippen molar-refractivity contribution in [3.8, 4) is 5.69 Å². The molecule has 3 aromatic rings. The molecule has 1 N–H and O–H groups in total. The third kappa shape index (κ3) is 3.14. The van der Waals surface area contributed by atoms with Gasteiger partial charge >= 0.3 is 0 Å². The molecule has 0 amide bonds. The van der Waals surface area contributed by atoms with Crippen molar-refractivity contribution in [2.75, 3.05) is 5.32 Å². The average Bonchev–Trinajstić information content (AvgIpc) is 2.89. The van der Waals surface area contributed by atoms with Crippen LogP contribution in [0.25, 0.3) is 5.69 Å². The van der Waals surface area contributed by atoms with Gasteiger partial charge < -0.3 is 5.32 Å². The molecule has 0 unspecified atom stereocenters. The highest BCUT2D eigenvalue weighted by atomic mass is 35.5. The molecule has 116 valence electrons. The number of hydrogen-bond acceptors (Lipinski definition) is 5. The Labute approximate surface area is 136 Å². The highest BCUT2D eigenvalue weighted by molar-refractivity contribution is 6.30. The molecule has 0 aliphatic heterocycles. The molecule has 7 nitrogen and oxygen atoms in total. The number of rotatable bonds is 4. The minimum atomic E-state index is -0.487. The lowest BCUT2D eigenvalue weighted by atomic mass is 10.3. The molecule has 2 heterocycles. The minimum absolute atomic E-state index is 0.0538. The van der Waals surface area contributed by atoms with Crippen LogP contribution < -0.4 is 5.32 Å². The molecule has 0 bridgehead atoms. The fourth-order valence-corrected chi connectivity index (χ4v) is 2.29. The van der Waals surface area contributed by atoms with Crippen LogP contribution in [0.3, 0.4) is 0 Å². The van der Waals surface area contributed by atoms with Crippen molar-refractivity contribution < 1.29 is 4.92 Å². The van der Waals surface area contributed by atoms with Crippen LogP contribution in [0.5, 0.6) is 0 Å². The molecule has 0 saturated heterocycles. The summed E-state index contributed by atoms with van der Waals surface area (Å²) < 4.78 is 1.75. The van der Waals surface area contributed by atoms with Gasteiger partial charge in [-0.3, -0.25) is 10.1 Å². The summed E-state index contributed by atoms with van der Waals surface area (Å²) >= 11 is 6.00. The molecule has 0 radical (unpaired) electrons. The summed E-state index contributed by atoms with van der Waals surface area (Å²) in [6.07, 6.45) is 2.87. The van der Waals surface area contributed by atoms with Crippen LogP contribution in [0, 0.1) is 17.0 Å². The van der Waals surface area contributed by atoms with Gasteiger partial charge in [0.15, 0.2) is 0 Å². The second-order valence-corrected chi connectivity index (χ2v) is 5.26. The van der Waals surface area contributed by atoms with E-state index in [4.69, 9.17) is 11.6 Å². The monoisotopic (exact) mass is 329 g/mol. The summed E-state index contributed by atoms with van der Waals surface area (Å²) in [4.78, 5) is 14.2. The minimum Gasteiger partial charge on any atom is -0.337 e. The Balaban J connectivity index is 1.86. The van der Waals surface area contributed by atoms with E-state index in [-0.39, 0.29) is 5.69 Å². The molecular formula is C15H12ClN5O2. The number of nitrogens with one attached hydrogen (secondary N) is 1. The van der Waals surface area contributed by atoms with Gasteiger partial charge in [-0.05, 0) is 31.2 Å². The first-order valence-electron chi connectivity index (χ1n) is 6.72. The lowest BCUT2D eigenvalue weighted by molar-refractivity contribution is -0.385. The Morgan fingerprint density at radius 3 is 2.74 bits per heavy atom. The first kappa shape index (κ1) is 15.0. The van der Waals surface area contributed by atoms with Crippen molar-refractivity contribution in [1.29, 1.82) is 0 Å². The average molecular weight is 330 g/mol. The smallest absolute Gasteiger partial charge is 0.287 e. The van der Waals surface area contributed by atoms with E-state index >= 15 is 0 Å². The Morgan fingerprint density at radius 1 is 1.26 bits per heavy atom. The van der Waals surface area contributed by atoms with Gasteiger partial charge in [-0.1, -0.05) is 17.7 Å². The zero-order chi connectivity index (χ0) is 16.4. The highest BCUT2D eigenvalue weighted by Crippen LogP contribution is 2.23. The number of anilines is 2. The van der Waals surface area contributed by atoms with Gasteiger partial charge in [0, 0.05) is 11.1 Å². The predicted octanol–water partition coefficient (Wildman–Crippen LogP) is 3.88. The van der Waals surface area contributed by atoms with E-state index in [1.54, 1.807) is 23.0 Å². The van der Waals surface area contributed by atoms with E-state index in [0.717, 1.165) is 17.1 Å². The van der Waals surface area contributed by atoms with E-state index in [9.17, 15) is 10.1 Å². The number of halogens is 1. The van der Waals surface area contributed by atoms with Gasteiger partial charge in [-0.25, -0.2) is 9.67 Å². The van der Waals surface area contributed by atoms with Crippen molar-refractivity contribution in [3.05, 3.63) is 69.6 Å². The second kappa shape index (κ2) is 6.05. The largest absolute Gasteiger partial charge is 0.337 e. The maximum Gasteiger partial charge on any atom is 0.287 e. The first-order valence-corrected chi connectivity index (χ1v) is 7.10. The first-order chi connectivity index (χ1) is 11.0. The van der Waals surface area contributed by atoms with Crippen molar-refractivity contribution in [2.24, 2.45) is 0 Å². The lowest BCUT2D eigenvalue weighted by Crippen LogP contribution is -2.00. The molecule has 0 atom stereocenters. The van der Waals surface area contributed by atoms with Crippen molar-refractivity contribution in [1.82, 2.24) is 14.8 Å². The number of nitro groups is 1. The maximum atomic E-state index is 10.6. The van der Waals surface area contributed by atoms with E-state index in [2.05, 4.69) is 15.4 Å². The van der Waals surface area contributed by atoms with Crippen molar-refractivity contribution in [2.45, 2.75) is 6.92 Å². The fourth-order valence-electron chi connectivity index (χ4n) is 2.11. The summed E-state index contributed by atoms with van der Waals surface area (Å²) in [6, 6.07) is 10.3. The van der Waals surface area contributed by atoms with Crippen LogP contribution in [0.4, 0.5) is 17.2 Å². The molecule has 0 aliphatic carbocycles. The van der Waals surface area contributed by atoms with Gasteiger partial charge in [0.2, 0.25) is 0 Å². The molecule has 0 saturated carbocycles. The number of benzene rings is 1. The Hall–Kier alpha value is -2.93.